The normalized spacial score (nSPS) is 10.6. The minimum Gasteiger partial charge on any atom is -0.493 e. The van der Waals surface area contributed by atoms with Gasteiger partial charge < -0.3 is 14.2 Å². The largest absolute Gasteiger partial charge is 0.493 e. The highest BCUT2D eigenvalue weighted by molar-refractivity contribution is 7.14. The summed E-state index contributed by atoms with van der Waals surface area (Å²) in [4.78, 5) is 29.4. The third kappa shape index (κ3) is 5.49. The maximum absolute atomic E-state index is 13.3. The van der Waals surface area contributed by atoms with E-state index < -0.39 is 0 Å². The first-order chi connectivity index (χ1) is 17.0. The lowest BCUT2D eigenvalue weighted by atomic mass is 10.1. The second-order valence-corrected chi connectivity index (χ2v) is 8.18. The lowest BCUT2D eigenvalue weighted by Gasteiger charge is -2.09. The van der Waals surface area contributed by atoms with E-state index in [1.165, 1.54) is 11.3 Å². The number of anilines is 1. The molecule has 0 aliphatic carbocycles. The Hall–Kier alpha value is -4.18. The molecule has 0 fully saturated rings. The molecule has 0 saturated carbocycles. The molecule has 1 N–H and O–H groups in total. The Balaban J connectivity index is 1.67. The molecule has 0 atom stereocenters. The Bertz CT molecular complexity index is 1330. The van der Waals surface area contributed by atoms with Crippen molar-refractivity contribution in [3.05, 3.63) is 71.4 Å². The minimum atomic E-state index is -0.381. The molecular weight excluding hydrogens is 468 g/mol. The summed E-state index contributed by atoms with van der Waals surface area (Å²) in [6, 6.07) is 14.9. The predicted molar refractivity (Wildman–Crippen MR) is 133 cm³/mol. The summed E-state index contributed by atoms with van der Waals surface area (Å²) >= 11 is 1.23. The number of rotatable bonds is 9. The lowest BCUT2D eigenvalue weighted by molar-refractivity contribution is -0.142. The number of nitrogens with one attached hydrogen (secondary N) is 1. The molecule has 0 radical (unpaired) electrons. The van der Waals surface area contributed by atoms with E-state index in [1.807, 2.05) is 36.4 Å². The monoisotopic (exact) mass is 492 g/mol. The first kappa shape index (κ1) is 24.0. The lowest BCUT2D eigenvalue weighted by Crippen LogP contribution is -2.13. The van der Waals surface area contributed by atoms with Crippen LogP contribution in [0.5, 0.6) is 11.5 Å². The minimum absolute atomic E-state index is 0.0447. The summed E-state index contributed by atoms with van der Waals surface area (Å²) in [6.45, 7) is 2.05. The van der Waals surface area contributed by atoms with E-state index in [1.54, 1.807) is 49.5 Å². The van der Waals surface area contributed by atoms with Crippen LogP contribution >= 0.6 is 11.3 Å². The molecule has 0 saturated heterocycles. The summed E-state index contributed by atoms with van der Waals surface area (Å²) < 4.78 is 17.4. The average Bonchev–Trinajstić information content (AvgIpc) is 3.51. The quantitative estimate of drug-likeness (QED) is 0.346. The van der Waals surface area contributed by atoms with E-state index >= 15 is 0 Å². The SMILES string of the molecule is CCOC(=O)Cc1csc(NC(=O)c2cn(-c3ccccc3)nc2-c2ccc(OC)c(OC)c2)n1. The van der Waals surface area contributed by atoms with E-state index in [4.69, 9.17) is 19.3 Å². The number of amides is 1. The first-order valence-electron chi connectivity index (χ1n) is 10.8. The number of hydrogen-bond acceptors (Lipinski definition) is 8. The highest BCUT2D eigenvalue weighted by Gasteiger charge is 2.21. The highest BCUT2D eigenvalue weighted by atomic mass is 32.1. The van der Waals surface area contributed by atoms with Crippen molar-refractivity contribution >= 4 is 28.3 Å². The van der Waals surface area contributed by atoms with Crippen LogP contribution in [0.25, 0.3) is 16.9 Å². The predicted octanol–water partition coefficient (Wildman–Crippen LogP) is 4.37. The zero-order valence-corrected chi connectivity index (χ0v) is 20.3. The van der Waals surface area contributed by atoms with Gasteiger partial charge >= 0.3 is 5.97 Å². The van der Waals surface area contributed by atoms with Crippen molar-refractivity contribution in [2.24, 2.45) is 0 Å². The first-order valence-corrected chi connectivity index (χ1v) is 11.7. The van der Waals surface area contributed by atoms with Crippen LogP contribution in [0.3, 0.4) is 0 Å². The number of methoxy groups -OCH3 is 2. The van der Waals surface area contributed by atoms with E-state index in [-0.39, 0.29) is 18.3 Å². The molecule has 9 nitrogen and oxygen atoms in total. The fourth-order valence-corrected chi connectivity index (χ4v) is 4.13. The number of ether oxygens (including phenoxy) is 3. The molecular formula is C25H24N4O5S. The molecule has 0 bridgehead atoms. The van der Waals surface area contributed by atoms with Crippen molar-refractivity contribution in [1.29, 1.82) is 0 Å². The maximum atomic E-state index is 13.3. The molecule has 2 aromatic heterocycles. The number of aromatic nitrogens is 3. The Morgan fingerprint density at radius 3 is 2.54 bits per heavy atom. The van der Waals surface area contributed by atoms with Crippen molar-refractivity contribution in [1.82, 2.24) is 14.8 Å². The van der Waals surface area contributed by atoms with Crippen molar-refractivity contribution in [2.45, 2.75) is 13.3 Å². The van der Waals surface area contributed by atoms with Gasteiger partial charge in [0.1, 0.15) is 5.69 Å². The number of benzene rings is 2. The third-order valence-corrected chi connectivity index (χ3v) is 5.85. The van der Waals surface area contributed by atoms with Gasteiger partial charge in [0.2, 0.25) is 0 Å². The molecule has 35 heavy (non-hydrogen) atoms. The fraction of sp³-hybridized carbons (Fsp3) is 0.200. The molecule has 180 valence electrons. The fourth-order valence-electron chi connectivity index (χ4n) is 3.42. The van der Waals surface area contributed by atoms with Gasteiger partial charge in [-0.05, 0) is 37.3 Å². The van der Waals surface area contributed by atoms with Gasteiger partial charge in [-0.1, -0.05) is 18.2 Å². The molecule has 2 heterocycles. The molecule has 10 heteroatoms. The number of carbonyl (C=O) groups is 2. The van der Waals surface area contributed by atoms with Gasteiger partial charge in [-0.25, -0.2) is 9.67 Å². The van der Waals surface area contributed by atoms with E-state index in [2.05, 4.69) is 10.3 Å². The van der Waals surface area contributed by atoms with Crippen LogP contribution in [-0.2, 0) is 16.0 Å². The van der Waals surface area contributed by atoms with E-state index in [9.17, 15) is 9.59 Å². The van der Waals surface area contributed by atoms with Crippen LogP contribution in [-0.4, -0.2) is 47.5 Å². The number of esters is 1. The van der Waals surface area contributed by atoms with Gasteiger partial charge in [0.25, 0.3) is 5.91 Å². The van der Waals surface area contributed by atoms with Crippen LogP contribution in [0.4, 0.5) is 5.13 Å². The topological polar surface area (TPSA) is 105 Å². The summed E-state index contributed by atoms with van der Waals surface area (Å²) in [7, 11) is 3.11. The van der Waals surface area contributed by atoms with Crippen LogP contribution in [0, 0.1) is 0 Å². The van der Waals surface area contributed by atoms with Crippen molar-refractivity contribution in [3.8, 4) is 28.4 Å². The second-order valence-electron chi connectivity index (χ2n) is 7.32. The number of thiazole rings is 1. The number of hydrogen-bond donors (Lipinski definition) is 1. The Morgan fingerprint density at radius 1 is 1.06 bits per heavy atom. The number of nitrogens with zero attached hydrogens (tertiary/aromatic N) is 3. The molecule has 0 aliphatic heterocycles. The van der Waals surface area contributed by atoms with Crippen molar-refractivity contribution in [3.63, 3.8) is 0 Å². The van der Waals surface area contributed by atoms with Crippen LogP contribution in [0.1, 0.15) is 23.0 Å². The Labute approximate surface area is 206 Å². The van der Waals surface area contributed by atoms with Crippen LogP contribution in [0.2, 0.25) is 0 Å². The third-order valence-electron chi connectivity index (χ3n) is 5.04. The van der Waals surface area contributed by atoms with Crippen LogP contribution in [0.15, 0.2) is 60.1 Å². The Kier molecular flexibility index (Phi) is 7.41. The maximum Gasteiger partial charge on any atom is 0.311 e. The smallest absolute Gasteiger partial charge is 0.311 e. The second kappa shape index (κ2) is 10.8. The standard InChI is InChI=1S/C25H24N4O5S/c1-4-34-22(30)13-17-15-35-25(26-17)27-24(31)19-14-29(18-8-6-5-7-9-18)28-23(19)16-10-11-20(32-2)21(12-16)33-3/h5-12,14-15H,4,13H2,1-3H3,(H,26,27,31). The van der Waals surface area contributed by atoms with Gasteiger partial charge in [-0.3, -0.25) is 14.9 Å². The summed E-state index contributed by atoms with van der Waals surface area (Å²) in [5.41, 5.74) is 2.84. The zero-order chi connectivity index (χ0) is 24.8. The van der Waals surface area contributed by atoms with E-state index in [0.717, 1.165) is 5.69 Å². The highest BCUT2D eigenvalue weighted by Crippen LogP contribution is 2.33. The molecule has 4 rings (SSSR count). The van der Waals surface area contributed by atoms with Gasteiger partial charge in [0.15, 0.2) is 16.6 Å². The molecule has 0 unspecified atom stereocenters. The molecule has 1 amide bonds. The van der Waals surface area contributed by atoms with E-state index in [0.29, 0.717) is 45.8 Å². The number of carbonyl (C=O) groups excluding carboxylic acids is 2. The Morgan fingerprint density at radius 2 is 1.83 bits per heavy atom. The zero-order valence-electron chi connectivity index (χ0n) is 19.5. The van der Waals surface area contributed by atoms with Crippen molar-refractivity contribution in [2.75, 3.05) is 26.1 Å². The molecule has 2 aromatic carbocycles. The van der Waals surface area contributed by atoms with Gasteiger partial charge in [-0.15, -0.1) is 11.3 Å². The summed E-state index contributed by atoms with van der Waals surface area (Å²) in [5, 5.41) is 9.60. The van der Waals surface area contributed by atoms with Crippen LogP contribution < -0.4 is 14.8 Å². The van der Waals surface area contributed by atoms with Gasteiger partial charge in [0.05, 0.1) is 44.2 Å². The van der Waals surface area contributed by atoms with Crippen molar-refractivity contribution < 1.29 is 23.8 Å². The molecule has 0 aliphatic rings. The molecule has 0 spiro atoms. The average molecular weight is 493 g/mol. The summed E-state index contributed by atoms with van der Waals surface area (Å²) in [6.07, 6.45) is 1.72. The van der Waals surface area contributed by atoms with Gasteiger partial charge in [-0.2, -0.15) is 5.10 Å². The summed E-state index contributed by atoms with van der Waals surface area (Å²) in [5.74, 6) is 0.348. The molecule has 4 aromatic rings. The number of para-hydroxylation sites is 1. The van der Waals surface area contributed by atoms with Gasteiger partial charge in [0, 0.05) is 17.1 Å².